The van der Waals surface area contributed by atoms with Gasteiger partial charge in [-0.3, -0.25) is 20.4 Å². The van der Waals surface area contributed by atoms with Crippen LogP contribution in [0.2, 0.25) is 0 Å². The molecule has 0 unspecified atom stereocenters. The Morgan fingerprint density at radius 2 is 1.79 bits per heavy atom. The number of fused-ring (bicyclic) bond motifs is 1. The summed E-state index contributed by atoms with van der Waals surface area (Å²) in [6.45, 7) is 4.39. The summed E-state index contributed by atoms with van der Waals surface area (Å²) in [6.07, 6.45) is 5.19. The van der Waals surface area contributed by atoms with Gasteiger partial charge in [0.2, 0.25) is 11.8 Å². The minimum absolute atomic E-state index is 0.153. The lowest BCUT2D eigenvalue weighted by atomic mass is 10.0. The number of nitrogens with one attached hydrogen (secondary N) is 3. The van der Waals surface area contributed by atoms with Crippen molar-refractivity contribution in [2.45, 2.75) is 39.5 Å². The zero-order valence-electron chi connectivity index (χ0n) is 18.9. The van der Waals surface area contributed by atoms with Crippen LogP contribution in [-0.2, 0) is 28.9 Å². The summed E-state index contributed by atoms with van der Waals surface area (Å²) in [5.74, 6) is 1.18. The van der Waals surface area contributed by atoms with Crippen molar-refractivity contribution in [3.8, 4) is 11.3 Å². The lowest BCUT2D eigenvalue weighted by Crippen LogP contribution is -2.42. The van der Waals surface area contributed by atoms with E-state index in [1.54, 1.807) is 6.20 Å². The molecule has 7 heteroatoms. The van der Waals surface area contributed by atoms with Crippen molar-refractivity contribution in [2.24, 2.45) is 5.92 Å². The van der Waals surface area contributed by atoms with Crippen LogP contribution in [0.25, 0.3) is 22.2 Å². The number of hydrogen-bond donors (Lipinski definition) is 3. The number of carbonyl (C=O) groups is 2. The van der Waals surface area contributed by atoms with Gasteiger partial charge in [0.25, 0.3) is 0 Å². The normalized spacial score (nSPS) is 11.1. The number of benzene rings is 2. The van der Waals surface area contributed by atoms with Gasteiger partial charge in [-0.2, -0.15) is 0 Å². The fourth-order valence-electron chi connectivity index (χ4n) is 3.75. The van der Waals surface area contributed by atoms with Gasteiger partial charge in [0.1, 0.15) is 0 Å². The van der Waals surface area contributed by atoms with Crippen molar-refractivity contribution < 1.29 is 14.0 Å². The second kappa shape index (κ2) is 10.2. The van der Waals surface area contributed by atoms with Crippen LogP contribution < -0.4 is 10.9 Å². The molecule has 0 aliphatic carbocycles. The second-order valence-corrected chi connectivity index (χ2v) is 8.55. The lowest BCUT2D eigenvalue weighted by Gasteiger charge is -2.06. The third-order valence-electron chi connectivity index (χ3n) is 5.37. The van der Waals surface area contributed by atoms with E-state index in [0.717, 1.165) is 28.5 Å². The minimum Gasteiger partial charge on any atom is -0.441 e. The molecule has 4 aromatic rings. The number of rotatable bonds is 8. The van der Waals surface area contributed by atoms with Gasteiger partial charge >= 0.3 is 0 Å². The highest BCUT2D eigenvalue weighted by Gasteiger charge is 2.12. The Balaban J connectivity index is 1.23. The van der Waals surface area contributed by atoms with Crippen molar-refractivity contribution in [3.63, 3.8) is 0 Å². The molecule has 0 saturated heterocycles. The highest BCUT2D eigenvalue weighted by Crippen LogP contribution is 2.22. The minimum atomic E-state index is -0.305. The van der Waals surface area contributed by atoms with Gasteiger partial charge in [0.15, 0.2) is 11.7 Å². The van der Waals surface area contributed by atoms with Crippen LogP contribution in [0.15, 0.2) is 65.3 Å². The van der Waals surface area contributed by atoms with Crippen LogP contribution in [0.1, 0.15) is 37.3 Å². The third kappa shape index (κ3) is 5.88. The maximum Gasteiger partial charge on any atom is 0.242 e. The molecule has 2 heterocycles. The van der Waals surface area contributed by atoms with Crippen LogP contribution in [0.3, 0.4) is 0 Å². The second-order valence-electron chi connectivity index (χ2n) is 8.55. The SMILES string of the molecule is CC(C)Cc1ccc(-c2cnc(CCC(=O)NNC(=O)Cc3c[nH]c4ccccc34)o2)cc1. The average Bonchev–Trinajstić information content (AvgIpc) is 3.44. The molecule has 2 aromatic heterocycles. The highest BCUT2D eigenvalue weighted by molar-refractivity contribution is 5.89. The molecule has 0 atom stereocenters. The standard InChI is InChI=1S/C26H28N4O3/c1-17(2)13-18-7-9-19(10-8-18)23-16-28-26(33-23)12-11-24(31)29-30-25(32)14-20-15-27-22-6-4-3-5-21(20)22/h3-10,15-17,27H,11-14H2,1-2H3,(H,29,31)(H,30,32). The molecule has 0 saturated carbocycles. The van der Waals surface area contributed by atoms with Crippen LogP contribution >= 0.6 is 0 Å². The number of aromatic nitrogens is 2. The van der Waals surface area contributed by atoms with Gasteiger partial charge in [-0.15, -0.1) is 0 Å². The number of aromatic amines is 1. The van der Waals surface area contributed by atoms with E-state index in [0.29, 0.717) is 24.0 Å². The number of para-hydroxylation sites is 1. The number of nitrogens with zero attached hydrogens (tertiary/aromatic N) is 1. The molecule has 0 fully saturated rings. The number of hydrazine groups is 1. The van der Waals surface area contributed by atoms with Crippen LogP contribution in [0.5, 0.6) is 0 Å². The summed E-state index contributed by atoms with van der Waals surface area (Å²) in [7, 11) is 0. The van der Waals surface area contributed by atoms with Crippen LogP contribution in [0.4, 0.5) is 0 Å². The number of aryl methyl sites for hydroxylation is 1. The van der Waals surface area contributed by atoms with Crippen molar-refractivity contribution >= 4 is 22.7 Å². The van der Waals surface area contributed by atoms with Gasteiger partial charge in [0.05, 0.1) is 12.6 Å². The van der Waals surface area contributed by atoms with Gasteiger partial charge in [-0.25, -0.2) is 4.98 Å². The lowest BCUT2D eigenvalue weighted by molar-refractivity contribution is -0.128. The van der Waals surface area contributed by atoms with E-state index in [1.165, 1.54) is 5.56 Å². The zero-order chi connectivity index (χ0) is 23.2. The monoisotopic (exact) mass is 444 g/mol. The Morgan fingerprint density at radius 1 is 1.03 bits per heavy atom. The molecule has 2 amide bonds. The summed E-state index contributed by atoms with van der Waals surface area (Å²) < 4.78 is 5.80. The molecule has 7 nitrogen and oxygen atoms in total. The molecular weight excluding hydrogens is 416 g/mol. The molecule has 170 valence electrons. The summed E-state index contributed by atoms with van der Waals surface area (Å²) in [5, 5.41) is 0.994. The number of oxazole rings is 1. The first-order valence-electron chi connectivity index (χ1n) is 11.1. The van der Waals surface area contributed by atoms with Gasteiger partial charge < -0.3 is 9.40 Å². The topological polar surface area (TPSA) is 100 Å². The zero-order valence-corrected chi connectivity index (χ0v) is 18.9. The summed E-state index contributed by atoms with van der Waals surface area (Å²) in [5.41, 5.74) is 9.02. The molecule has 0 bridgehead atoms. The fourth-order valence-corrected chi connectivity index (χ4v) is 3.75. The van der Waals surface area contributed by atoms with E-state index < -0.39 is 0 Å². The van der Waals surface area contributed by atoms with Gasteiger partial charge in [-0.1, -0.05) is 56.3 Å². The van der Waals surface area contributed by atoms with Crippen LogP contribution in [-0.4, -0.2) is 21.8 Å². The number of hydrogen-bond acceptors (Lipinski definition) is 4. The average molecular weight is 445 g/mol. The first-order valence-corrected chi connectivity index (χ1v) is 11.1. The van der Waals surface area contributed by atoms with Crippen molar-refractivity contribution in [3.05, 3.63) is 77.9 Å². The van der Waals surface area contributed by atoms with E-state index in [4.69, 9.17) is 4.42 Å². The molecule has 3 N–H and O–H groups in total. The molecule has 4 rings (SSSR count). The maximum atomic E-state index is 12.2. The Bertz CT molecular complexity index is 1240. The summed E-state index contributed by atoms with van der Waals surface area (Å²) in [4.78, 5) is 31.7. The smallest absolute Gasteiger partial charge is 0.242 e. The predicted molar refractivity (Wildman–Crippen MR) is 127 cm³/mol. The van der Waals surface area contributed by atoms with Gasteiger partial charge in [-0.05, 0) is 29.5 Å². The quantitative estimate of drug-likeness (QED) is 0.352. The van der Waals surface area contributed by atoms with Gasteiger partial charge in [0, 0.05) is 35.5 Å². The molecule has 0 spiro atoms. The summed E-state index contributed by atoms with van der Waals surface area (Å²) in [6, 6.07) is 16.0. The molecule has 0 aliphatic rings. The van der Waals surface area contributed by atoms with E-state index in [9.17, 15) is 9.59 Å². The molecular formula is C26H28N4O3. The Kier molecular flexibility index (Phi) is 6.88. The van der Waals surface area contributed by atoms with Crippen molar-refractivity contribution in [1.82, 2.24) is 20.8 Å². The Hall–Kier alpha value is -3.87. The van der Waals surface area contributed by atoms with Crippen LogP contribution in [0, 0.1) is 5.92 Å². The summed E-state index contributed by atoms with van der Waals surface area (Å²) >= 11 is 0. The molecule has 2 aromatic carbocycles. The largest absolute Gasteiger partial charge is 0.441 e. The molecule has 0 radical (unpaired) electrons. The maximum absolute atomic E-state index is 12.2. The third-order valence-corrected chi connectivity index (χ3v) is 5.37. The highest BCUT2D eigenvalue weighted by atomic mass is 16.4. The molecule has 33 heavy (non-hydrogen) atoms. The molecule has 0 aliphatic heterocycles. The number of H-pyrrole nitrogens is 1. The van der Waals surface area contributed by atoms with Crippen molar-refractivity contribution in [1.29, 1.82) is 0 Å². The Labute approximate surface area is 192 Å². The predicted octanol–water partition coefficient (Wildman–Crippen LogP) is 4.34. The van der Waals surface area contributed by atoms with E-state index >= 15 is 0 Å². The first-order chi connectivity index (χ1) is 16.0. The van der Waals surface area contributed by atoms with E-state index in [1.807, 2.05) is 42.6 Å². The number of carbonyl (C=O) groups excluding carboxylic acids is 2. The fraction of sp³-hybridized carbons (Fsp3) is 0.269. The van der Waals surface area contributed by atoms with Crippen molar-refractivity contribution in [2.75, 3.05) is 0 Å². The first kappa shape index (κ1) is 22.3. The van der Waals surface area contributed by atoms with E-state index in [2.05, 4.69) is 46.8 Å². The Morgan fingerprint density at radius 3 is 2.58 bits per heavy atom. The van der Waals surface area contributed by atoms with E-state index in [-0.39, 0.29) is 24.7 Å². The number of amides is 2.